The average molecular weight is 515 g/mol. The zero-order valence-electron chi connectivity index (χ0n) is 20.1. The fraction of sp³-hybridized carbons (Fsp3) is 0.320. The molecule has 0 bridgehead atoms. The summed E-state index contributed by atoms with van der Waals surface area (Å²) in [5.41, 5.74) is 7.29. The Bertz CT molecular complexity index is 1110. The number of hydrogen-bond donors (Lipinski definition) is 7. The van der Waals surface area contributed by atoms with Crippen molar-refractivity contribution in [3.05, 3.63) is 65.7 Å². The number of benzene rings is 2. The zero-order chi connectivity index (χ0) is 27.5. The molecule has 198 valence electrons. The fourth-order valence-corrected chi connectivity index (χ4v) is 3.37. The first-order valence-corrected chi connectivity index (χ1v) is 11.4. The molecule has 0 aliphatic heterocycles. The molecular weight excluding hydrogens is 484 g/mol. The molecule has 0 spiro atoms. The van der Waals surface area contributed by atoms with Crippen molar-refractivity contribution >= 4 is 29.7 Å². The summed E-state index contributed by atoms with van der Waals surface area (Å²) >= 11 is 0. The molecule has 0 aromatic heterocycles. The van der Waals surface area contributed by atoms with Crippen molar-refractivity contribution in [2.45, 2.75) is 50.4 Å². The van der Waals surface area contributed by atoms with E-state index in [1.165, 1.54) is 19.1 Å². The average Bonchev–Trinajstić information content (AvgIpc) is 2.84. The van der Waals surface area contributed by atoms with Crippen LogP contribution in [0, 0.1) is 0 Å². The van der Waals surface area contributed by atoms with Crippen molar-refractivity contribution in [2.75, 3.05) is 0 Å². The van der Waals surface area contributed by atoms with E-state index >= 15 is 0 Å². The number of carbonyl (C=O) groups excluding carboxylic acids is 3. The molecule has 12 nitrogen and oxygen atoms in total. The van der Waals surface area contributed by atoms with E-state index in [1.54, 1.807) is 42.5 Å². The zero-order valence-corrected chi connectivity index (χ0v) is 20.1. The first kappa shape index (κ1) is 28.8. The molecule has 0 saturated heterocycles. The Morgan fingerprint density at radius 3 is 1.89 bits per heavy atom. The number of amides is 3. The molecule has 2 rings (SSSR count). The summed E-state index contributed by atoms with van der Waals surface area (Å²) < 4.78 is 0. The normalized spacial score (nSPS) is 13.9. The first-order chi connectivity index (χ1) is 17.5. The van der Waals surface area contributed by atoms with Crippen molar-refractivity contribution in [2.24, 2.45) is 5.73 Å². The maximum atomic E-state index is 12.9. The highest BCUT2D eigenvalue weighted by molar-refractivity contribution is 5.94. The van der Waals surface area contributed by atoms with Crippen LogP contribution in [0.2, 0.25) is 0 Å². The lowest BCUT2D eigenvalue weighted by atomic mass is 10.0. The van der Waals surface area contributed by atoms with E-state index in [0.717, 1.165) is 0 Å². The van der Waals surface area contributed by atoms with Crippen LogP contribution in [-0.2, 0) is 36.8 Å². The van der Waals surface area contributed by atoms with Crippen molar-refractivity contribution < 1.29 is 39.3 Å². The van der Waals surface area contributed by atoms with Crippen LogP contribution in [0.5, 0.6) is 5.75 Å². The topological polar surface area (TPSA) is 208 Å². The van der Waals surface area contributed by atoms with Gasteiger partial charge in [-0.1, -0.05) is 42.5 Å². The monoisotopic (exact) mass is 514 g/mol. The Balaban J connectivity index is 2.06. The van der Waals surface area contributed by atoms with Gasteiger partial charge in [-0.25, -0.2) is 4.79 Å². The van der Waals surface area contributed by atoms with Crippen LogP contribution >= 0.6 is 0 Å². The lowest BCUT2D eigenvalue weighted by molar-refractivity contribution is -0.147. The summed E-state index contributed by atoms with van der Waals surface area (Å²) in [4.78, 5) is 60.5. The molecule has 37 heavy (non-hydrogen) atoms. The van der Waals surface area contributed by atoms with Crippen LogP contribution in [0.3, 0.4) is 0 Å². The standard InChI is InChI=1S/C25H30N4O8/c1-14(27-23(34)18(26)11-16-7-9-17(30)10-8-16)22(33)28-19(12-15-5-3-2-4-6-15)24(35)29-20(25(36)37)13-21(31)32/h2-10,14,18-20,30H,11-13,26H2,1H3,(H,27,34)(H,28,33)(H,29,35)(H,31,32)(H,36,37). The predicted octanol–water partition coefficient (Wildman–Crippen LogP) is -0.462. The summed E-state index contributed by atoms with van der Waals surface area (Å²) in [6.45, 7) is 1.39. The number of aromatic hydroxyl groups is 1. The summed E-state index contributed by atoms with van der Waals surface area (Å²) in [7, 11) is 0. The number of aliphatic carboxylic acids is 2. The van der Waals surface area contributed by atoms with Gasteiger partial charge in [-0.05, 0) is 36.6 Å². The highest BCUT2D eigenvalue weighted by Gasteiger charge is 2.30. The molecule has 0 radical (unpaired) electrons. The van der Waals surface area contributed by atoms with Crippen molar-refractivity contribution in [1.82, 2.24) is 16.0 Å². The highest BCUT2D eigenvalue weighted by atomic mass is 16.4. The molecule has 0 aliphatic carbocycles. The van der Waals surface area contributed by atoms with E-state index in [4.69, 9.17) is 10.8 Å². The van der Waals surface area contributed by atoms with Crippen molar-refractivity contribution in [1.29, 1.82) is 0 Å². The largest absolute Gasteiger partial charge is 0.508 e. The van der Waals surface area contributed by atoms with Gasteiger partial charge in [0.05, 0.1) is 12.5 Å². The Kier molecular flexibility index (Phi) is 10.6. The van der Waals surface area contributed by atoms with Gasteiger partial charge in [-0.2, -0.15) is 0 Å². The van der Waals surface area contributed by atoms with Crippen LogP contribution < -0.4 is 21.7 Å². The van der Waals surface area contributed by atoms with Gasteiger partial charge in [-0.3, -0.25) is 19.2 Å². The molecule has 0 fully saturated rings. The minimum atomic E-state index is -1.70. The highest BCUT2D eigenvalue weighted by Crippen LogP contribution is 2.11. The van der Waals surface area contributed by atoms with E-state index in [0.29, 0.717) is 11.1 Å². The third kappa shape index (κ3) is 9.61. The Hall–Kier alpha value is -4.45. The number of nitrogens with two attached hydrogens (primary N) is 1. The quantitative estimate of drug-likeness (QED) is 0.184. The summed E-state index contributed by atoms with van der Waals surface area (Å²) in [6.07, 6.45) is -0.711. The SMILES string of the molecule is CC(NC(=O)C(N)Cc1ccc(O)cc1)C(=O)NC(Cc1ccccc1)C(=O)NC(CC(=O)O)C(=O)O. The van der Waals surface area contributed by atoms with Gasteiger partial charge < -0.3 is 37.0 Å². The van der Waals surface area contributed by atoms with E-state index in [1.807, 2.05) is 0 Å². The molecule has 0 saturated carbocycles. The molecule has 0 aliphatic rings. The second kappa shape index (κ2) is 13.6. The molecular formula is C25H30N4O8. The molecule has 2 aromatic rings. The van der Waals surface area contributed by atoms with Crippen LogP contribution in [0.25, 0.3) is 0 Å². The Labute approximate surface area is 212 Å². The van der Waals surface area contributed by atoms with Crippen LogP contribution in [-0.4, -0.2) is 69.1 Å². The number of phenols is 1. The third-order valence-electron chi connectivity index (χ3n) is 5.39. The number of carboxylic acid groups (broad SMARTS) is 2. The summed E-state index contributed by atoms with van der Waals surface area (Å²) in [5, 5.41) is 34.6. The molecule has 0 heterocycles. The van der Waals surface area contributed by atoms with Crippen LogP contribution in [0.1, 0.15) is 24.5 Å². The smallest absolute Gasteiger partial charge is 0.326 e. The number of carbonyl (C=O) groups is 5. The minimum Gasteiger partial charge on any atom is -0.508 e. The van der Waals surface area contributed by atoms with Gasteiger partial charge in [0.25, 0.3) is 0 Å². The lowest BCUT2D eigenvalue weighted by Crippen LogP contribution is -2.57. The number of phenolic OH excluding ortho intramolecular Hbond substituents is 1. The lowest BCUT2D eigenvalue weighted by Gasteiger charge is -2.23. The fourth-order valence-electron chi connectivity index (χ4n) is 3.37. The number of carboxylic acids is 2. The first-order valence-electron chi connectivity index (χ1n) is 11.4. The number of nitrogens with one attached hydrogen (secondary N) is 3. The third-order valence-corrected chi connectivity index (χ3v) is 5.39. The van der Waals surface area contributed by atoms with Gasteiger partial charge in [0.15, 0.2) is 0 Å². The number of hydrogen-bond acceptors (Lipinski definition) is 7. The molecule has 3 amide bonds. The second-order valence-electron chi connectivity index (χ2n) is 8.46. The van der Waals surface area contributed by atoms with E-state index in [9.17, 15) is 34.2 Å². The predicted molar refractivity (Wildman–Crippen MR) is 131 cm³/mol. The molecule has 8 N–H and O–H groups in total. The maximum Gasteiger partial charge on any atom is 0.326 e. The van der Waals surface area contributed by atoms with Crippen LogP contribution in [0.4, 0.5) is 0 Å². The Morgan fingerprint density at radius 2 is 1.32 bits per heavy atom. The van der Waals surface area contributed by atoms with Crippen molar-refractivity contribution in [3.8, 4) is 5.75 Å². The summed E-state index contributed by atoms with van der Waals surface area (Å²) in [6, 6.07) is 9.68. The van der Waals surface area contributed by atoms with Gasteiger partial charge in [-0.15, -0.1) is 0 Å². The molecule has 4 atom stereocenters. The van der Waals surface area contributed by atoms with Gasteiger partial charge in [0.2, 0.25) is 17.7 Å². The molecule has 12 heteroatoms. The van der Waals surface area contributed by atoms with Gasteiger partial charge >= 0.3 is 11.9 Å². The van der Waals surface area contributed by atoms with Crippen LogP contribution in [0.15, 0.2) is 54.6 Å². The van der Waals surface area contributed by atoms with E-state index in [2.05, 4.69) is 16.0 Å². The number of rotatable bonds is 13. The second-order valence-corrected chi connectivity index (χ2v) is 8.46. The summed E-state index contributed by atoms with van der Waals surface area (Å²) in [5.74, 6) is -5.13. The maximum absolute atomic E-state index is 12.9. The van der Waals surface area contributed by atoms with E-state index < -0.39 is 60.2 Å². The van der Waals surface area contributed by atoms with Crippen molar-refractivity contribution in [3.63, 3.8) is 0 Å². The van der Waals surface area contributed by atoms with Gasteiger partial charge in [0, 0.05) is 6.42 Å². The molecule has 4 unspecified atom stereocenters. The van der Waals surface area contributed by atoms with Gasteiger partial charge in [0.1, 0.15) is 23.9 Å². The minimum absolute atomic E-state index is 0.0150. The van der Waals surface area contributed by atoms with E-state index in [-0.39, 0.29) is 18.6 Å². The molecule has 2 aromatic carbocycles. The Morgan fingerprint density at radius 1 is 0.757 bits per heavy atom.